The number of amides is 1. The predicted molar refractivity (Wildman–Crippen MR) is 162 cm³/mol. The summed E-state index contributed by atoms with van der Waals surface area (Å²) < 4.78 is 125. The largest absolute Gasteiger partial charge is 0.434 e. The normalized spacial score (nSPS) is 22.3. The number of carbonyl (C=O) groups excluding carboxylic acids is 1. The topological polar surface area (TPSA) is 36.0 Å². The van der Waals surface area contributed by atoms with Crippen molar-refractivity contribution >= 4 is 74.6 Å². The summed E-state index contributed by atoms with van der Waals surface area (Å²) in [4.78, 5) is 18.1. The smallest absolute Gasteiger partial charge is 0.427 e. The molecule has 3 rings (SSSR count). The number of rotatable bonds is 4. The van der Waals surface area contributed by atoms with E-state index in [0.29, 0.717) is 24.3 Å². The van der Waals surface area contributed by atoms with Crippen LogP contribution in [-0.2, 0) is 17.5 Å². The van der Waals surface area contributed by atoms with Crippen molar-refractivity contribution in [2.24, 2.45) is 0 Å². The van der Waals surface area contributed by atoms with E-state index >= 15 is 0 Å². The first-order valence-electron chi connectivity index (χ1n) is 13.6. The SMILES string of the molecule is BC1(B)N(Cc2ccc(C(F)(F)F)cc2N2CCCC2)C(B)(B)C(B)(B)N(C(=O)OC(C(F)(F)F)C(F)(F)F)C1(B)B. The van der Waals surface area contributed by atoms with E-state index in [1.54, 1.807) is 31.4 Å². The minimum Gasteiger partial charge on any atom is -0.427 e. The van der Waals surface area contributed by atoms with Gasteiger partial charge < -0.3 is 19.4 Å². The molecule has 0 bridgehead atoms. The van der Waals surface area contributed by atoms with Gasteiger partial charge in [0, 0.05) is 25.3 Å². The van der Waals surface area contributed by atoms with Crippen molar-refractivity contribution in [1.82, 2.24) is 9.80 Å². The van der Waals surface area contributed by atoms with Crippen LogP contribution in [0, 0.1) is 0 Å². The number of halogens is 9. The van der Waals surface area contributed by atoms with Crippen LogP contribution >= 0.6 is 0 Å². The summed E-state index contributed by atoms with van der Waals surface area (Å²) in [5.74, 6) is 0. The fourth-order valence-electron chi connectivity index (χ4n) is 6.23. The van der Waals surface area contributed by atoms with Crippen molar-refractivity contribution < 1.29 is 49.0 Å². The van der Waals surface area contributed by atoms with Gasteiger partial charge in [0.2, 0.25) is 0 Å². The summed E-state index contributed by atoms with van der Waals surface area (Å²) in [6.45, 7) is 1.22. The second-order valence-electron chi connectivity index (χ2n) is 13.0. The van der Waals surface area contributed by atoms with Crippen molar-refractivity contribution in [3.8, 4) is 0 Å². The third-order valence-electron chi connectivity index (χ3n) is 9.65. The second-order valence-corrected chi connectivity index (χ2v) is 13.0. The molecule has 5 nitrogen and oxygen atoms in total. The van der Waals surface area contributed by atoms with E-state index in [-0.39, 0.29) is 6.54 Å². The number of hydrogen-bond acceptors (Lipinski definition) is 4. The summed E-state index contributed by atoms with van der Waals surface area (Å²) in [6.07, 6.45) is -20.8. The summed E-state index contributed by atoms with van der Waals surface area (Å²) in [6, 6.07) is 3.51. The fraction of sp³-hybridized carbons (Fsp3) is 0.650. The van der Waals surface area contributed by atoms with Gasteiger partial charge in [0.05, 0.1) is 5.56 Å². The third-order valence-corrected chi connectivity index (χ3v) is 9.65. The van der Waals surface area contributed by atoms with E-state index in [1.807, 2.05) is 9.80 Å². The number of carbonyl (C=O) groups is 1. The average molecular weight is 602 g/mol. The van der Waals surface area contributed by atoms with E-state index in [2.05, 4.69) is 4.74 Å². The van der Waals surface area contributed by atoms with Crippen molar-refractivity contribution in [1.29, 1.82) is 0 Å². The molecule has 0 spiro atoms. The summed E-state index contributed by atoms with van der Waals surface area (Å²) in [7, 11) is 12.8. The zero-order chi connectivity index (χ0) is 32.5. The Labute approximate surface area is 246 Å². The number of benzene rings is 1. The molecule has 1 aromatic carbocycles. The molecule has 2 saturated heterocycles. The van der Waals surface area contributed by atoms with E-state index in [4.69, 9.17) is 0 Å². The van der Waals surface area contributed by atoms with Crippen molar-refractivity contribution in [2.45, 2.75) is 65.4 Å². The van der Waals surface area contributed by atoms with E-state index in [9.17, 15) is 44.3 Å². The maximum absolute atomic E-state index is 13.6. The van der Waals surface area contributed by atoms with Gasteiger partial charge in [-0.05, 0) is 51.9 Å². The molecule has 0 unspecified atom stereocenters. The molecule has 2 heterocycles. The van der Waals surface area contributed by atoms with Crippen LogP contribution in [0.4, 0.5) is 50.0 Å². The van der Waals surface area contributed by atoms with Gasteiger partial charge in [-0.15, -0.1) is 0 Å². The Bertz CT molecular complexity index is 1150. The van der Waals surface area contributed by atoms with Crippen LogP contribution in [0.25, 0.3) is 0 Å². The first-order chi connectivity index (χ1) is 18.7. The van der Waals surface area contributed by atoms with Crippen LogP contribution in [0.15, 0.2) is 18.2 Å². The standard InChI is InChI=1S/C20H30B8F9N3O2/c21-17(22)19(25,26)40(13(41)42-12(15(32,33)34)16(35,36)37)20(27,28)18(23,24)39(17)8-9-3-4-10(14(29,30)31)7-11(9)38-5-1-2-6-38/h3-4,7,12H,1-2,5-6,8,21-28H2. The van der Waals surface area contributed by atoms with Crippen LogP contribution in [0.5, 0.6) is 0 Å². The van der Waals surface area contributed by atoms with E-state index < -0.39 is 57.6 Å². The lowest BCUT2D eigenvalue weighted by atomic mass is 9.26. The van der Waals surface area contributed by atoms with E-state index in [0.717, 1.165) is 29.9 Å². The molecule has 0 N–H and O–H groups in total. The molecule has 1 aromatic rings. The molecule has 224 valence electrons. The molecular formula is C20H30B8F9N3O2. The second kappa shape index (κ2) is 10.6. The molecule has 2 fully saturated rings. The molecule has 42 heavy (non-hydrogen) atoms. The number of piperazine rings is 1. The summed E-state index contributed by atoms with van der Waals surface area (Å²) in [5.41, 5.74) is 0.177. The number of hydrogen-bond donors (Lipinski definition) is 0. The lowest BCUT2D eigenvalue weighted by molar-refractivity contribution is -0.309. The maximum Gasteiger partial charge on any atom is 0.434 e. The van der Waals surface area contributed by atoms with Gasteiger partial charge in [0.25, 0.3) is 6.10 Å². The van der Waals surface area contributed by atoms with Crippen LogP contribution in [-0.4, -0.2) is 132 Å². The molecule has 0 saturated carbocycles. The first kappa shape index (κ1) is 34.6. The molecule has 2 aliphatic heterocycles. The molecule has 0 aliphatic carbocycles. The highest BCUT2D eigenvalue weighted by Gasteiger charge is 2.66. The van der Waals surface area contributed by atoms with Crippen LogP contribution in [0.2, 0.25) is 0 Å². The summed E-state index contributed by atoms with van der Waals surface area (Å²) >= 11 is 0. The lowest BCUT2D eigenvalue weighted by Gasteiger charge is -2.73. The van der Waals surface area contributed by atoms with Crippen LogP contribution in [0.1, 0.15) is 24.0 Å². The van der Waals surface area contributed by atoms with Crippen LogP contribution in [0.3, 0.4) is 0 Å². The van der Waals surface area contributed by atoms with Crippen molar-refractivity contribution in [3.05, 3.63) is 29.3 Å². The molecule has 0 atom stereocenters. The number of nitrogens with zero attached hydrogens (tertiary/aromatic N) is 3. The fourth-order valence-corrected chi connectivity index (χ4v) is 6.23. The Kier molecular flexibility index (Phi) is 8.77. The molecular weight excluding hydrogens is 572 g/mol. The van der Waals surface area contributed by atoms with Gasteiger partial charge in [0.1, 0.15) is 62.8 Å². The van der Waals surface area contributed by atoms with Crippen molar-refractivity contribution in [2.75, 3.05) is 18.0 Å². The Hall–Kier alpha value is -1.86. The van der Waals surface area contributed by atoms with Gasteiger partial charge in [-0.3, -0.25) is 0 Å². The zero-order valence-electron chi connectivity index (χ0n) is 24.9. The molecule has 0 radical (unpaired) electrons. The highest BCUT2D eigenvalue weighted by molar-refractivity contribution is 6.60. The Balaban J connectivity index is 2.10. The molecule has 1 amide bonds. The number of anilines is 1. The monoisotopic (exact) mass is 603 g/mol. The van der Waals surface area contributed by atoms with Gasteiger partial charge in [0.15, 0.2) is 0 Å². The molecule has 0 aromatic heterocycles. The minimum absolute atomic E-state index is 0.0907. The highest BCUT2D eigenvalue weighted by atomic mass is 19.4. The van der Waals surface area contributed by atoms with Gasteiger partial charge in [-0.25, -0.2) is 4.79 Å². The molecule has 22 heteroatoms. The Morgan fingerprint density at radius 3 is 1.64 bits per heavy atom. The summed E-state index contributed by atoms with van der Waals surface area (Å²) in [5, 5.41) is -5.13. The number of alkyl halides is 9. The Morgan fingerprint density at radius 1 is 0.786 bits per heavy atom. The highest BCUT2D eigenvalue weighted by Crippen LogP contribution is 2.46. The number of ether oxygens (including phenoxy) is 1. The third kappa shape index (κ3) is 5.94. The maximum atomic E-state index is 13.6. The van der Waals surface area contributed by atoms with Crippen molar-refractivity contribution in [3.63, 3.8) is 0 Å². The lowest BCUT2D eigenvalue weighted by Crippen LogP contribution is -2.92. The average Bonchev–Trinajstić information content (AvgIpc) is 3.32. The minimum atomic E-state index is -5.89. The molecule has 2 aliphatic rings. The van der Waals surface area contributed by atoms with Crippen LogP contribution < -0.4 is 4.90 Å². The van der Waals surface area contributed by atoms with Gasteiger partial charge in [-0.1, -0.05) is 6.07 Å². The predicted octanol–water partition coefficient (Wildman–Crippen LogP) is -3.27. The zero-order valence-corrected chi connectivity index (χ0v) is 24.9. The van der Waals surface area contributed by atoms with Gasteiger partial charge >= 0.3 is 24.6 Å². The van der Waals surface area contributed by atoms with E-state index in [1.165, 1.54) is 37.5 Å². The van der Waals surface area contributed by atoms with Gasteiger partial charge in [-0.2, -0.15) is 39.5 Å². The first-order valence-corrected chi connectivity index (χ1v) is 13.6. The Morgan fingerprint density at radius 2 is 1.24 bits per heavy atom. The quantitative estimate of drug-likeness (QED) is 0.268.